The Morgan fingerprint density at radius 2 is 2.36 bits per heavy atom. The van der Waals surface area contributed by atoms with Gasteiger partial charge in [-0.25, -0.2) is 0 Å². The third kappa shape index (κ3) is 1.03. The van der Waals surface area contributed by atoms with Crippen molar-refractivity contribution in [2.75, 3.05) is 7.11 Å². The lowest BCUT2D eigenvalue weighted by Crippen LogP contribution is -2.29. The molecule has 2 rings (SSSR count). The molecule has 0 spiro atoms. The van der Waals surface area contributed by atoms with Crippen LogP contribution in [0.4, 0.5) is 0 Å². The van der Waals surface area contributed by atoms with Crippen LogP contribution in [0.2, 0.25) is 0 Å². The maximum atomic E-state index is 11.1. The van der Waals surface area contributed by atoms with Gasteiger partial charge in [-0.3, -0.25) is 4.79 Å². The SMILES string of the molecule is COC(=O)[C@@H]1C[C@H]2CC[C@H]1N2. The second-order valence-corrected chi connectivity index (χ2v) is 3.41. The normalized spacial score (nSPS) is 41.0. The monoisotopic (exact) mass is 155 g/mol. The largest absolute Gasteiger partial charge is 0.469 e. The average Bonchev–Trinajstić information content (AvgIpc) is 2.62. The Morgan fingerprint density at radius 1 is 1.55 bits per heavy atom. The Labute approximate surface area is 66.1 Å². The molecule has 11 heavy (non-hydrogen) atoms. The number of fused-ring (bicyclic) bond motifs is 2. The standard InChI is InChI=1S/C8H13NO2/c1-11-8(10)6-4-5-2-3-7(6)9-5/h5-7,9H,2-4H2,1H3/t5-,6-,7-/m1/s1. The van der Waals surface area contributed by atoms with Gasteiger partial charge in [0.25, 0.3) is 0 Å². The van der Waals surface area contributed by atoms with Gasteiger partial charge >= 0.3 is 5.97 Å². The molecule has 1 N–H and O–H groups in total. The molecule has 3 heteroatoms. The van der Waals surface area contributed by atoms with Crippen molar-refractivity contribution in [2.45, 2.75) is 31.3 Å². The van der Waals surface area contributed by atoms with Crippen molar-refractivity contribution in [3.05, 3.63) is 0 Å². The van der Waals surface area contributed by atoms with E-state index in [1.54, 1.807) is 0 Å². The van der Waals surface area contributed by atoms with Crippen LogP contribution >= 0.6 is 0 Å². The van der Waals surface area contributed by atoms with Crippen LogP contribution < -0.4 is 5.32 Å². The molecule has 2 bridgehead atoms. The van der Waals surface area contributed by atoms with Crippen molar-refractivity contribution in [2.24, 2.45) is 5.92 Å². The highest BCUT2D eigenvalue weighted by atomic mass is 16.5. The fourth-order valence-electron chi connectivity index (χ4n) is 2.24. The van der Waals surface area contributed by atoms with E-state index in [9.17, 15) is 4.79 Å². The lowest BCUT2D eigenvalue weighted by molar-refractivity contribution is -0.146. The minimum absolute atomic E-state index is 0.0373. The van der Waals surface area contributed by atoms with Crippen molar-refractivity contribution < 1.29 is 9.53 Å². The van der Waals surface area contributed by atoms with Crippen LogP contribution in [0.5, 0.6) is 0 Å². The first-order valence-electron chi connectivity index (χ1n) is 4.15. The van der Waals surface area contributed by atoms with E-state index in [-0.39, 0.29) is 11.9 Å². The molecule has 3 atom stereocenters. The molecular weight excluding hydrogens is 142 g/mol. The van der Waals surface area contributed by atoms with Crippen LogP contribution in [0.25, 0.3) is 0 Å². The van der Waals surface area contributed by atoms with Crippen LogP contribution in [-0.4, -0.2) is 25.2 Å². The van der Waals surface area contributed by atoms with E-state index in [1.165, 1.54) is 13.5 Å². The fourth-order valence-corrected chi connectivity index (χ4v) is 2.24. The maximum Gasteiger partial charge on any atom is 0.310 e. The summed E-state index contributed by atoms with van der Waals surface area (Å²) in [5.41, 5.74) is 0. The van der Waals surface area contributed by atoms with Crippen LogP contribution in [0.3, 0.4) is 0 Å². The Morgan fingerprint density at radius 3 is 2.82 bits per heavy atom. The Hall–Kier alpha value is -0.570. The molecule has 0 radical (unpaired) electrons. The molecule has 2 aliphatic rings. The molecule has 62 valence electrons. The van der Waals surface area contributed by atoms with Crippen LogP contribution in [0.15, 0.2) is 0 Å². The van der Waals surface area contributed by atoms with E-state index in [0.717, 1.165) is 12.8 Å². The molecular formula is C8H13NO2. The molecule has 2 aliphatic heterocycles. The van der Waals surface area contributed by atoms with Gasteiger partial charge < -0.3 is 10.1 Å². The molecule has 3 nitrogen and oxygen atoms in total. The number of hydrogen-bond acceptors (Lipinski definition) is 3. The Kier molecular flexibility index (Phi) is 1.60. The van der Waals surface area contributed by atoms with Gasteiger partial charge in [-0.15, -0.1) is 0 Å². The summed E-state index contributed by atoms with van der Waals surface area (Å²) in [6, 6.07) is 0.997. The predicted molar refractivity (Wildman–Crippen MR) is 40.1 cm³/mol. The molecule has 0 aromatic heterocycles. The number of ether oxygens (including phenoxy) is 1. The summed E-state index contributed by atoms with van der Waals surface area (Å²) >= 11 is 0. The highest BCUT2D eigenvalue weighted by Crippen LogP contribution is 2.33. The summed E-state index contributed by atoms with van der Waals surface area (Å²) in [5.74, 6) is 0.100. The van der Waals surface area contributed by atoms with Gasteiger partial charge in [0.1, 0.15) is 0 Å². The lowest BCUT2D eigenvalue weighted by atomic mass is 9.89. The third-order valence-corrected chi connectivity index (χ3v) is 2.80. The summed E-state index contributed by atoms with van der Waals surface area (Å²) in [4.78, 5) is 11.1. The lowest BCUT2D eigenvalue weighted by Gasteiger charge is -2.16. The van der Waals surface area contributed by atoms with E-state index >= 15 is 0 Å². The smallest absolute Gasteiger partial charge is 0.310 e. The highest BCUT2D eigenvalue weighted by Gasteiger charge is 2.43. The van der Waals surface area contributed by atoms with Crippen molar-refractivity contribution in [3.63, 3.8) is 0 Å². The Balaban J connectivity index is 2.02. The Bertz CT molecular complexity index is 181. The topological polar surface area (TPSA) is 38.3 Å². The maximum absolute atomic E-state index is 11.1. The second-order valence-electron chi connectivity index (χ2n) is 3.41. The number of nitrogens with one attached hydrogen (secondary N) is 1. The molecule has 2 saturated heterocycles. The summed E-state index contributed by atoms with van der Waals surface area (Å²) in [6.07, 6.45) is 3.36. The number of hydrogen-bond donors (Lipinski definition) is 1. The van der Waals surface area contributed by atoms with E-state index in [0.29, 0.717) is 12.1 Å². The molecule has 2 fully saturated rings. The minimum Gasteiger partial charge on any atom is -0.469 e. The van der Waals surface area contributed by atoms with Crippen LogP contribution in [0.1, 0.15) is 19.3 Å². The zero-order chi connectivity index (χ0) is 7.84. The first kappa shape index (κ1) is 7.10. The molecule has 0 aromatic rings. The van der Waals surface area contributed by atoms with E-state index < -0.39 is 0 Å². The zero-order valence-electron chi connectivity index (χ0n) is 6.67. The fraction of sp³-hybridized carbons (Fsp3) is 0.875. The second kappa shape index (κ2) is 2.48. The first-order chi connectivity index (χ1) is 5.31. The van der Waals surface area contributed by atoms with Gasteiger partial charge in [-0.1, -0.05) is 0 Å². The molecule has 0 aromatic carbocycles. The van der Waals surface area contributed by atoms with Crippen LogP contribution in [-0.2, 0) is 9.53 Å². The summed E-state index contributed by atoms with van der Waals surface area (Å²) in [6.45, 7) is 0. The quantitative estimate of drug-likeness (QED) is 0.553. The molecule has 0 unspecified atom stereocenters. The first-order valence-corrected chi connectivity index (χ1v) is 4.15. The number of esters is 1. The number of carbonyl (C=O) groups excluding carboxylic acids is 1. The van der Waals surface area contributed by atoms with Crippen molar-refractivity contribution in [1.29, 1.82) is 0 Å². The number of carbonyl (C=O) groups is 1. The third-order valence-electron chi connectivity index (χ3n) is 2.80. The van der Waals surface area contributed by atoms with Crippen LogP contribution in [0, 0.1) is 5.92 Å². The van der Waals surface area contributed by atoms with E-state index in [2.05, 4.69) is 5.32 Å². The number of rotatable bonds is 1. The number of methoxy groups -OCH3 is 1. The average molecular weight is 155 g/mol. The summed E-state index contributed by atoms with van der Waals surface area (Å²) < 4.78 is 4.71. The van der Waals surface area contributed by atoms with Crippen molar-refractivity contribution in [1.82, 2.24) is 5.32 Å². The highest BCUT2D eigenvalue weighted by molar-refractivity contribution is 5.74. The van der Waals surface area contributed by atoms with Gasteiger partial charge in [0, 0.05) is 12.1 Å². The summed E-state index contributed by atoms with van der Waals surface area (Å²) in [5, 5.41) is 3.39. The van der Waals surface area contributed by atoms with Gasteiger partial charge in [-0.2, -0.15) is 0 Å². The van der Waals surface area contributed by atoms with Gasteiger partial charge in [0.05, 0.1) is 13.0 Å². The molecule has 2 heterocycles. The molecule has 0 aliphatic carbocycles. The summed E-state index contributed by atoms with van der Waals surface area (Å²) in [7, 11) is 1.47. The predicted octanol–water partition coefficient (Wildman–Crippen LogP) is 0.300. The van der Waals surface area contributed by atoms with Gasteiger partial charge in [0.2, 0.25) is 0 Å². The minimum atomic E-state index is -0.0373. The van der Waals surface area contributed by atoms with Crippen molar-refractivity contribution >= 4 is 5.97 Å². The van der Waals surface area contributed by atoms with Gasteiger partial charge in [0.15, 0.2) is 0 Å². The van der Waals surface area contributed by atoms with E-state index in [1.807, 2.05) is 0 Å². The zero-order valence-corrected chi connectivity index (χ0v) is 6.67. The molecule has 0 amide bonds. The van der Waals surface area contributed by atoms with Crippen molar-refractivity contribution in [3.8, 4) is 0 Å². The van der Waals surface area contributed by atoms with E-state index in [4.69, 9.17) is 4.74 Å². The molecule has 0 saturated carbocycles. The van der Waals surface area contributed by atoms with Gasteiger partial charge in [-0.05, 0) is 19.3 Å².